The fourth-order valence-corrected chi connectivity index (χ4v) is 2.36. The molecule has 1 atom stereocenters. The lowest BCUT2D eigenvalue weighted by molar-refractivity contribution is 0.0573. The highest BCUT2D eigenvalue weighted by molar-refractivity contribution is 5.99. The summed E-state index contributed by atoms with van der Waals surface area (Å²) in [6, 6.07) is 4.92. The predicted molar refractivity (Wildman–Crippen MR) is 73.9 cm³/mol. The topological polar surface area (TPSA) is 35.6 Å². The summed E-state index contributed by atoms with van der Waals surface area (Å²) >= 11 is 0. The predicted octanol–water partition coefficient (Wildman–Crippen LogP) is 1.64. The number of amides is 1. The number of carbonyl (C=O) groups excluding carboxylic acids is 1. The minimum absolute atomic E-state index is 0.108. The van der Waals surface area contributed by atoms with Crippen molar-refractivity contribution in [3.8, 4) is 0 Å². The third kappa shape index (κ3) is 2.71. The molecule has 1 saturated heterocycles. The number of nitrogens with zero attached hydrogens (tertiary/aromatic N) is 2. The van der Waals surface area contributed by atoms with Crippen LogP contribution < -0.4 is 5.32 Å². The number of carbonyl (C=O) groups is 1. The SMILES string of the molecule is CNc1c(F)cccc1C(=O)N1CCN(C)C(C)C1. The minimum Gasteiger partial charge on any atom is -0.385 e. The smallest absolute Gasteiger partial charge is 0.256 e. The van der Waals surface area contributed by atoms with Crippen LogP contribution in [0, 0.1) is 5.82 Å². The largest absolute Gasteiger partial charge is 0.385 e. The maximum Gasteiger partial charge on any atom is 0.256 e. The molecule has 1 N–H and O–H groups in total. The molecule has 5 heteroatoms. The second-order valence-corrected chi connectivity index (χ2v) is 4.99. The van der Waals surface area contributed by atoms with E-state index in [4.69, 9.17) is 0 Å². The molecule has 1 amide bonds. The molecule has 4 nitrogen and oxygen atoms in total. The van der Waals surface area contributed by atoms with Crippen LogP contribution in [0.25, 0.3) is 0 Å². The monoisotopic (exact) mass is 265 g/mol. The van der Waals surface area contributed by atoms with E-state index in [1.165, 1.54) is 6.07 Å². The van der Waals surface area contributed by atoms with Crippen molar-refractivity contribution < 1.29 is 9.18 Å². The summed E-state index contributed by atoms with van der Waals surface area (Å²) in [5, 5.41) is 2.77. The quantitative estimate of drug-likeness (QED) is 0.883. The molecule has 1 aliphatic rings. The Morgan fingerprint density at radius 1 is 1.42 bits per heavy atom. The van der Waals surface area contributed by atoms with Crippen LogP contribution in [0.3, 0.4) is 0 Å². The number of likely N-dealkylation sites (N-methyl/N-ethyl adjacent to an activating group) is 1. The van der Waals surface area contributed by atoms with Crippen LogP contribution in [0.2, 0.25) is 0 Å². The number of hydrogen-bond acceptors (Lipinski definition) is 3. The minimum atomic E-state index is -0.393. The molecule has 0 saturated carbocycles. The molecule has 1 aromatic carbocycles. The Bertz CT molecular complexity index is 478. The van der Waals surface area contributed by atoms with E-state index in [-0.39, 0.29) is 11.6 Å². The molecule has 104 valence electrons. The molecule has 1 unspecified atom stereocenters. The van der Waals surface area contributed by atoms with E-state index in [1.54, 1.807) is 24.1 Å². The first-order valence-electron chi connectivity index (χ1n) is 6.50. The van der Waals surface area contributed by atoms with Crippen molar-refractivity contribution in [3.63, 3.8) is 0 Å². The Morgan fingerprint density at radius 3 is 2.79 bits per heavy atom. The van der Waals surface area contributed by atoms with Gasteiger partial charge in [0, 0.05) is 32.7 Å². The second-order valence-electron chi connectivity index (χ2n) is 4.99. The Labute approximate surface area is 113 Å². The lowest BCUT2D eigenvalue weighted by Crippen LogP contribution is -2.52. The van der Waals surface area contributed by atoms with Gasteiger partial charge in [-0.15, -0.1) is 0 Å². The zero-order valence-electron chi connectivity index (χ0n) is 11.6. The van der Waals surface area contributed by atoms with Crippen molar-refractivity contribution in [2.24, 2.45) is 0 Å². The lowest BCUT2D eigenvalue weighted by Gasteiger charge is -2.37. The van der Waals surface area contributed by atoms with Crippen LogP contribution in [-0.4, -0.2) is 55.5 Å². The van der Waals surface area contributed by atoms with Gasteiger partial charge in [0.25, 0.3) is 5.91 Å². The van der Waals surface area contributed by atoms with Crippen molar-refractivity contribution in [2.75, 3.05) is 39.0 Å². The molecule has 1 fully saturated rings. The number of nitrogens with one attached hydrogen (secondary N) is 1. The molecule has 19 heavy (non-hydrogen) atoms. The number of halogens is 1. The van der Waals surface area contributed by atoms with E-state index in [1.807, 2.05) is 7.05 Å². The molecule has 0 aromatic heterocycles. The summed E-state index contributed by atoms with van der Waals surface area (Å²) in [7, 11) is 3.68. The number of rotatable bonds is 2. The molecule has 1 aliphatic heterocycles. The van der Waals surface area contributed by atoms with Crippen LogP contribution in [0.4, 0.5) is 10.1 Å². The van der Waals surface area contributed by atoms with E-state index in [0.717, 1.165) is 6.54 Å². The van der Waals surface area contributed by atoms with E-state index in [9.17, 15) is 9.18 Å². The van der Waals surface area contributed by atoms with Crippen LogP contribution in [0.5, 0.6) is 0 Å². The summed E-state index contributed by atoms with van der Waals surface area (Å²) < 4.78 is 13.7. The molecule has 0 radical (unpaired) electrons. The molecule has 2 rings (SSSR count). The van der Waals surface area contributed by atoms with Gasteiger partial charge in [-0.05, 0) is 26.1 Å². The molecular formula is C14H20FN3O. The van der Waals surface area contributed by atoms with Gasteiger partial charge in [-0.25, -0.2) is 4.39 Å². The fraction of sp³-hybridized carbons (Fsp3) is 0.500. The zero-order chi connectivity index (χ0) is 14.0. The van der Waals surface area contributed by atoms with Gasteiger partial charge in [-0.1, -0.05) is 6.07 Å². The fourth-order valence-electron chi connectivity index (χ4n) is 2.36. The van der Waals surface area contributed by atoms with E-state index < -0.39 is 5.82 Å². The Morgan fingerprint density at radius 2 is 2.16 bits per heavy atom. The lowest BCUT2D eigenvalue weighted by atomic mass is 10.1. The highest BCUT2D eigenvalue weighted by atomic mass is 19.1. The third-order valence-corrected chi connectivity index (χ3v) is 3.74. The summed E-state index contributed by atoms with van der Waals surface area (Å²) in [6.45, 7) is 4.29. The average molecular weight is 265 g/mol. The summed E-state index contributed by atoms with van der Waals surface area (Å²) in [4.78, 5) is 16.5. The highest BCUT2D eigenvalue weighted by Crippen LogP contribution is 2.22. The van der Waals surface area contributed by atoms with Crippen LogP contribution in [0.1, 0.15) is 17.3 Å². The van der Waals surface area contributed by atoms with Crippen molar-refractivity contribution in [2.45, 2.75) is 13.0 Å². The van der Waals surface area contributed by atoms with Gasteiger partial charge < -0.3 is 15.1 Å². The normalized spacial score (nSPS) is 20.4. The first-order chi connectivity index (χ1) is 9.04. The van der Waals surface area contributed by atoms with Crippen molar-refractivity contribution >= 4 is 11.6 Å². The van der Waals surface area contributed by atoms with Gasteiger partial charge in [0.05, 0.1) is 11.3 Å². The summed E-state index contributed by atoms with van der Waals surface area (Å²) in [5.74, 6) is -0.501. The zero-order valence-corrected chi connectivity index (χ0v) is 11.6. The van der Waals surface area contributed by atoms with Crippen LogP contribution in [0.15, 0.2) is 18.2 Å². The molecular weight excluding hydrogens is 245 g/mol. The van der Waals surface area contributed by atoms with Crippen LogP contribution in [-0.2, 0) is 0 Å². The molecule has 0 aliphatic carbocycles. The Hall–Kier alpha value is -1.62. The summed E-state index contributed by atoms with van der Waals surface area (Å²) in [5.41, 5.74) is 0.679. The van der Waals surface area contributed by atoms with Gasteiger partial charge >= 0.3 is 0 Å². The first kappa shape index (κ1) is 13.8. The number of para-hydroxylation sites is 1. The van der Waals surface area contributed by atoms with Gasteiger partial charge in [0.15, 0.2) is 0 Å². The summed E-state index contributed by atoms with van der Waals surface area (Å²) in [6.07, 6.45) is 0. The maximum absolute atomic E-state index is 13.7. The number of piperazine rings is 1. The van der Waals surface area contributed by atoms with Gasteiger partial charge in [0.1, 0.15) is 5.82 Å². The van der Waals surface area contributed by atoms with Crippen LogP contribution >= 0.6 is 0 Å². The van der Waals surface area contributed by atoms with E-state index in [0.29, 0.717) is 24.7 Å². The van der Waals surface area contributed by atoms with E-state index >= 15 is 0 Å². The number of benzene rings is 1. The molecule has 1 heterocycles. The van der Waals surface area contributed by atoms with Crippen molar-refractivity contribution in [1.82, 2.24) is 9.80 Å². The standard InChI is InChI=1S/C14H20FN3O/c1-10-9-18(8-7-17(10)3)14(19)11-5-4-6-12(15)13(11)16-2/h4-6,10,16H,7-9H2,1-3H3. The highest BCUT2D eigenvalue weighted by Gasteiger charge is 2.26. The number of hydrogen-bond donors (Lipinski definition) is 1. The number of anilines is 1. The second kappa shape index (κ2) is 5.57. The maximum atomic E-state index is 13.7. The van der Waals surface area contributed by atoms with E-state index in [2.05, 4.69) is 17.1 Å². The van der Waals surface area contributed by atoms with Gasteiger partial charge in [-0.2, -0.15) is 0 Å². The molecule has 0 bridgehead atoms. The Kier molecular flexibility index (Phi) is 4.04. The van der Waals surface area contributed by atoms with Crippen molar-refractivity contribution in [1.29, 1.82) is 0 Å². The van der Waals surface area contributed by atoms with Gasteiger partial charge in [0.2, 0.25) is 0 Å². The van der Waals surface area contributed by atoms with Crippen molar-refractivity contribution in [3.05, 3.63) is 29.6 Å². The third-order valence-electron chi connectivity index (χ3n) is 3.74. The average Bonchev–Trinajstić information content (AvgIpc) is 2.40. The Balaban J connectivity index is 2.23. The molecule has 1 aromatic rings. The first-order valence-corrected chi connectivity index (χ1v) is 6.50. The van der Waals surface area contributed by atoms with Gasteiger partial charge in [-0.3, -0.25) is 4.79 Å². The molecule has 0 spiro atoms.